The molecule has 200 valence electrons. The van der Waals surface area contributed by atoms with Crippen molar-refractivity contribution in [1.82, 2.24) is 9.80 Å². The van der Waals surface area contributed by atoms with Crippen LogP contribution in [-0.2, 0) is 14.3 Å². The summed E-state index contributed by atoms with van der Waals surface area (Å²) in [6.07, 6.45) is 8.69. The van der Waals surface area contributed by atoms with Crippen LogP contribution in [0.1, 0.15) is 50.5 Å². The Labute approximate surface area is 224 Å². The van der Waals surface area contributed by atoms with E-state index in [2.05, 4.69) is 6.58 Å². The molecule has 2 unspecified atom stereocenters. The second-order valence-electron chi connectivity index (χ2n) is 10.8. The van der Waals surface area contributed by atoms with Crippen LogP contribution in [0.4, 0.5) is 4.39 Å². The van der Waals surface area contributed by atoms with Crippen LogP contribution in [0.25, 0.3) is 0 Å². The lowest BCUT2D eigenvalue weighted by Gasteiger charge is -2.41. The van der Waals surface area contributed by atoms with Crippen molar-refractivity contribution in [2.75, 3.05) is 32.8 Å². The molecular formula is C29H37ClFN3O3. The molecule has 6 nitrogen and oxygen atoms in total. The van der Waals surface area contributed by atoms with Crippen LogP contribution >= 0.6 is 11.6 Å². The number of nitrogens with two attached hydrogens (primary N) is 1. The summed E-state index contributed by atoms with van der Waals surface area (Å²) >= 11 is 5.90. The van der Waals surface area contributed by atoms with E-state index in [1.165, 1.54) is 18.3 Å². The van der Waals surface area contributed by atoms with E-state index in [-0.39, 0.29) is 40.8 Å². The van der Waals surface area contributed by atoms with E-state index in [1.807, 2.05) is 16.7 Å². The first kappa shape index (κ1) is 27.2. The summed E-state index contributed by atoms with van der Waals surface area (Å²) < 4.78 is 19.5. The van der Waals surface area contributed by atoms with Gasteiger partial charge in [-0.2, -0.15) is 0 Å². The van der Waals surface area contributed by atoms with Gasteiger partial charge in [0.05, 0.1) is 11.6 Å². The summed E-state index contributed by atoms with van der Waals surface area (Å²) in [5, 5.41) is 0.387. The summed E-state index contributed by atoms with van der Waals surface area (Å²) in [5.41, 5.74) is 6.20. The first-order valence-corrected chi connectivity index (χ1v) is 13.5. The molecular weight excluding hydrogens is 493 g/mol. The second-order valence-corrected chi connectivity index (χ2v) is 11.2. The lowest BCUT2D eigenvalue weighted by atomic mass is 9.80. The van der Waals surface area contributed by atoms with Crippen LogP contribution < -0.4 is 5.73 Å². The molecule has 37 heavy (non-hydrogen) atoms. The van der Waals surface area contributed by atoms with Crippen LogP contribution in [0.2, 0.25) is 0 Å². The molecule has 0 aromatic heterocycles. The van der Waals surface area contributed by atoms with Gasteiger partial charge in [-0.3, -0.25) is 9.59 Å². The van der Waals surface area contributed by atoms with Gasteiger partial charge in [0.25, 0.3) is 0 Å². The highest BCUT2D eigenvalue weighted by atomic mass is 35.5. The highest BCUT2D eigenvalue weighted by molar-refractivity contribution is 6.31. The third-order valence-electron chi connectivity index (χ3n) is 8.08. The Morgan fingerprint density at radius 1 is 1.14 bits per heavy atom. The highest BCUT2D eigenvalue weighted by Gasteiger charge is 2.48. The lowest BCUT2D eigenvalue weighted by molar-refractivity contribution is -0.144. The Bertz CT molecular complexity index is 1060. The number of allylic oxidation sites excluding steroid dienone is 3. The quantitative estimate of drug-likeness (QED) is 0.383. The van der Waals surface area contributed by atoms with Gasteiger partial charge >= 0.3 is 0 Å². The zero-order valence-corrected chi connectivity index (χ0v) is 22.3. The molecule has 3 aliphatic rings. The van der Waals surface area contributed by atoms with Gasteiger partial charge in [-0.25, -0.2) is 4.39 Å². The number of hydrogen-bond donors (Lipinski definition) is 1. The molecule has 1 saturated carbocycles. The van der Waals surface area contributed by atoms with E-state index in [4.69, 9.17) is 22.1 Å². The van der Waals surface area contributed by atoms with Gasteiger partial charge in [-0.05, 0) is 62.0 Å². The first-order chi connectivity index (χ1) is 17.7. The van der Waals surface area contributed by atoms with Gasteiger partial charge < -0.3 is 20.3 Å². The largest absolute Gasteiger partial charge is 0.494 e. The van der Waals surface area contributed by atoms with E-state index >= 15 is 0 Å². The van der Waals surface area contributed by atoms with Gasteiger partial charge in [-0.1, -0.05) is 37.2 Å². The molecule has 2 N–H and O–H groups in total. The van der Waals surface area contributed by atoms with E-state index < -0.39 is 0 Å². The van der Waals surface area contributed by atoms with Crippen LogP contribution in [0.5, 0.6) is 0 Å². The van der Waals surface area contributed by atoms with Gasteiger partial charge in [0.1, 0.15) is 11.6 Å². The van der Waals surface area contributed by atoms with Crippen molar-refractivity contribution in [3.8, 4) is 0 Å². The average Bonchev–Trinajstić information content (AvgIpc) is 3.68. The number of rotatable bonds is 8. The molecule has 2 amide bonds. The number of benzene rings is 1. The second kappa shape index (κ2) is 11.7. The monoisotopic (exact) mass is 529 g/mol. The fourth-order valence-corrected chi connectivity index (χ4v) is 5.41. The van der Waals surface area contributed by atoms with Gasteiger partial charge in [0, 0.05) is 55.5 Å². The highest BCUT2D eigenvalue weighted by Crippen LogP contribution is 2.47. The Balaban J connectivity index is 1.38. The number of likely N-dealkylation sites (tertiary alicyclic amines) is 2. The molecule has 1 aromatic rings. The van der Waals surface area contributed by atoms with E-state index in [1.54, 1.807) is 24.3 Å². The van der Waals surface area contributed by atoms with Crippen molar-refractivity contribution in [3.63, 3.8) is 0 Å². The molecule has 2 atom stereocenters. The standard InChI is InChI=1S/C29H37ClFN3O3/c1-20(3-6-24(30)17-32)37-19-23-11-16-34(18-26(23)21-4-7-25(31)8-5-21)27(35)22-9-14-33(15-10-22)28(36)29(2)12-13-29/h3-8,17,22-23,26H,1,9-16,18-19,32H2,2H3/b6-3-,24-17+. The Kier molecular flexibility index (Phi) is 8.63. The van der Waals surface area contributed by atoms with Crippen LogP contribution in [-0.4, -0.2) is 54.4 Å². The van der Waals surface area contributed by atoms with Crippen LogP contribution in [0.3, 0.4) is 0 Å². The number of carbonyl (C=O) groups excluding carboxylic acids is 2. The molecule has 0 radical (unpaired) electrons. The predicted octanol–water partition coefficient (Wildman–Crippen LogP) is 4.92. The topological polar surface area (TPSA) is 75.9 Å². The van der Waals surface area contributed by atoms with Crippen molar-refractivity contribution in [1.29, 1.82) is 0 Å². The molecule has 2 saturated heterocycles. The summed E-state index contributed by atoms with van der Waals surface area (Å²) in [4.78, 5) is 30.1. The molecule has 2 aliphatic heterocycles. The zero-order valence-electron chi connectivity index (χ0n) is 21.5. The maximum absolute atomic E-state index is 13.6. The molecule has 0 spiro atoms. The zero-order chi connectivity index (χ0) is 26.6. The van der Waals surface area contributed by atoms with E-state index in [9.17, 15) is 14.0 Å². The number of hydrogen-bond acceptors (Lipinski definition) is 4. The lowest BCUT2D eigenvalue weighted by Crippen LogP contribution is -2.49. The Morgan fingerprint density at radius 2 is 1.78 bits per heavy atom. The van der Waals surface area contributed by atoms with Crippen molar-refractivity contribution in [2.24, 2.45) is 23.0 Å². The van der Waals surface area contributed by atoms with Crippen molar-refractivity contribution in [3.05, 3.63) is 71.4 Å². The van der Waals surface area contributed by atoms with Gasteiger partial charge in [-0.15, -0.1) is 0 Å². The molecule has 1 aliphatic carbocycles. The molecule has 8 heteroatoms. The maximum atomic E-state index is 13.6. The van der Waals surface area contributed by atoms with Crippen LogP contribution in [0, 0.1) is 23.1 Å². The average molecular weight is 530 g/mol. The molecule has 1 aromatic carbocycles. The minimum Gasteiger partial charge on any atom is -0.494 e. The summed E-state index contributed by atoms with van der Waals surface area (Å²) in [6, 6.07) is 6.52. The molecule has 2 heterocycles. The Hall–Kier alpha value is -2.80. The number of piperidine rings is 2. The third-order valence-corrected chi connectivity index (χ3v) is 8.34. The minimum atomic E-state index is -0.287. The number of nitrogens with zero attached hydrogens (tertiary/aromatic N) is 2. The maximum Gasteiger partial charge on any atom is 0.228 e. The van der Waals surface area contributed by atoms with Gasteiger partial charge in [0.15, 0.2) is 0 Å². The first-order valence-electron chi connectivity index (χ1n) is 13.1. The number of ether oxygens (including phenoxy) is 1. The molecule has 4 rings (SSSR count). The fourth-order valence-electron chi connectivity index (χ4n) is 5.35. The summed E-state index contributed by atoms with van der Waals surface area (Å²) in [7, 11) is 0. The van der Waals surface area contributed by atoms with Crippen molar-refractivity contribution >= 4 is 23.4 Å². The molecule has 0 bridgehead atoms. The smallest absolute Gasteiger partial charge is 0.228 e. The van der Waals surface area contributed by atoms with Gasteiger partial charge in [0.2, 0.25) is 11.8 Å². The number of amides is 2. The molecule has 3 fully saturated rings. The SMILES string of the molecule is C=C(/C=C\C(Cl)=C/N)OCC1CCN(C(=O)C2CCN(C(=O)C3(C)CC3)CC2)CC1c1ccc(F)cc1. The number of carbonyl (C=O) groups is 2. The van der Waals surface area contributed by atoms with E-state index in [0.29, 0.717) is 56.4 Å². The number of halogens is 2. The summed E-state index contributed by atoms with van der Waals surface area (Å²) in [6.45, 7) is 8.88. The third kappa shape index (κ3) is 6.75. The predicted molar refractivity (Wildman–Crippen MR) is 143 cm³/mol. The van der Waals surface area contributed by atoms with Crippen molar-refractivity contribution < 1.29 is 18.7 Å². The minimum absolute atomic E-state index is 0.0130. The van der Waals surface area contributed by atoms with Crippen LogP contribution in [0.15, 0.2) is 60.0 Å². The normalized spacial score (nSPS) is 24.2. The van der Waals surface area contributed by atoms with Crippen molar-refractivity contribution in [2.45, 2.75) is 44.9 Å². The fraction of sp³-hybridized carbons (Fsp3) is 0.517. The van der Waals surface area contributed by atoms with E-state index in [0.717, 1.165) is 24.8 Å². The summed E-state index contributed by atoms with van der Waals surface area (Å²) in [5.74, 6) is 0.670. The Morgan fingerprint density at radius 3 is 2.41 bits per heavy atom.